The number of nitrogens with one attached hydrogen (secondary N) is 1. The van der Waals surface area contributed by atoms with Gasteiger partial charge in [-0.2, -0.15) is 0 Å². The van der Waals surface area contributed by atoms with Crippen LogP contribution in [0, 0.1) is 6.92 Å². The normalized spacial score (nSPS) is 14.1. The first kappa shape index (κ1) is 13.6. The molecule has 0 spiro atoms. The molecule has 0 radical (unpaired) electrons. The molecule has 0 saturated heterocycles. The van der Waals surface area contributed by atoms with Crippen molar-refractivity contribution in [1.82, 2.24) is 5.32 Å². The van der Waals surface area contributed by atoms with Crippen LogP contribution in [0.2, 0.25) is 0 Å². The van der Waals surface area contributed by atoms with Gasteiger partial charge in [0.1, 0.15) is 5.75 Å². The van der Waals surface area contributed by atoms with Crippen LogP contribution in [0.15, 0.2) is 48.5 Å². The van der Waals surface area contributed by atoms with Gasteiger partial charge in [-0.05, 0) is 38.0 Å². The Morgan fingerprint density at radius 2 is 1.37 bits per heavy atom. The molecule has 100 valence electrons. The zero-order valence-electron chi connectivity index (χ0n) is 11.7. The predicted octanol–water partition coefficient (Wildman–Crippen LogP) is 4.11. The minimum Gasteiger partial charge on any atom is -0.508 e. The highest BCUT2D eigenvalue weighted by atomic mass is 16.3. The smallest absolute Gasteiger partial charge is 0.120 e. The molecule has 0 aliphatic rings. The van der Waals surface area contributed by atoms with Crippen molar-refractivity contribution >= 4 is 0 Å². The van der Waals surface area contributed by atoms with Gasteiger partial charge in [-0.3, -0.25) is 0 Å². The summed E-state index contributed by atoms with van der Waals surface area (Å²) in [6.07, 6.45) is 0. The van der Waals surface area contributed by atoms with Crippen LogP contribution in [-0.2, 0) is 0 Å². The first-order valence-corrected chi connectivity index (χ1v) is 6.69. The van der Waals surface area contributed by atoms with Crippen molar-refractivity contribution in [2.45, 2.75) is 32.9 Å². The van der Waals surface area contributed by atoms with Crippen LogP contribution in [0.3, 0.4) is 0 Å². The first-order valence-electron chi connectivity index (χ1n) is 6.69. The van der Waals surface area contributed by atoms with Gasteiger partial charge in [-0.1, -0.05) is 42.5 Å². The lowest BCUT2D eigenvalue weighted by atomic mass is 10.0. The third-order valence-corrected chi connectivity index (χ3v) is 3.56. The lowest BCUT2D eigenvalue weighted by Crippen LogP contribution is -2.23. The Balaban J connectivity index is 2.13. The van der Waals surface area contributed by atoms with Gasteiger partial charge in [0.2, 0.25) is 0 Å². The summed E-state index contributed by atoms with van der Waals surface area (Å²) < 4.78 is 0. The zero-order valence-corrected chi connectivity index (χ0v) is 11.7. The molecule has 2 aromatic rings. The number of hydrogen-bond donors (Lipinski definition) is 2. The second kappa shape index (κ2) is 5.89. The van der Waals surface area contributed by atoms with Crippen molar-refractivity contribution < 1.29 is 5.11 Å². The Hall–Kier alpha value is -1.80. The van der Waals surface area contributed by atoms with E-state index >= 15 is 0 Å². The summed E-state index contributed by atoms with van der Waals surface area (Å²) in [5.74, 6) is 0.347. The Labute approximate surface area is 115 Å². The number of hydrogen-bond acceptors (Lipinski definition) is 2. The van der Waals surface area contributed by atoms with Gasteiger partial charge < -0.3 is 10.4 Å². The highest BCUT2D eigenvalue weighted by molar-refractivity contribution is 5.35. The molecule has 2 rings (SSSR count). The van der Waals surface area contributed by atoms with Gasteiger partial charge in [-0.25, -0.2) is 0 Å². The van der Waals surface area contributed by atoms with Crippen LogP contribution >= 0.6 is 0 Å². The number of phenolic OH excluding ortho intramolecular Hbond substituents is 1. The molecule has 2 aromatic carbocycles. The minimum absolute atomic E-state index is 0.107. The number of rotatable bonds is 4. The van der Waals surface area contributed by atoms with E-state index in [4.69, 9.17) is 0 Å². The third kappa shape index (κ3) is 3.15. The minimum atomic E-state index is 0.107. The molecule has 0 heterocycles. The summed E-state index contributed by atoms with van der Waals surface area (Å²) in [6, 6.07) is 16.2. The largest absolute Gasteiger partial charge is 0.508 e. The quantitative estimate of drug-likeness (QED) is 0.861. The van der Waals surface area contributed by atoms with Crippen molar-refractivity contribution in [3.63, 3.8) is 0 Å². The highest BCUT2D eigenvalue weighted by Crippen LogP contribution is 2.26. The van der Waals surface area contributed by atoms with E-state index in [0.717, 1.165) is 5.56 Å². The van der Waals surface area contributed by atoms with Gasteiger partial charge in [0, 0.05) is 17.6 Å². The van der Waals surface area contributed by atoms with Crippen molar-refractivity contribution in [3.8, 4) is 5.75 Å². The Morgan fingerprint density at radius 1 is 0.842 bits per heavy atom. The molecule has 19 heavy (non-hydrogen) atoms. The van der Waals surface area contributed by atoms with E-state index in [1.807, 2.05) is 18.2 Å². The monoisotopic (exact) mass is 255 g/mol. The summed E-state index contributed by atoms with van der Waals surface area (Å²) in [7, 11) is 0. The van der Waals surface area contributed by atoms with Gasteiger partial charge in [-0.15, -0.1) is 0 Å². The molecule has 2 N–H and O–H groups in total. The fraction of sp³-hybridized carbons (Fsp3) is 0.294. The molecule has 0 saturated carbocycles. The van der Waals surface area contributed by atoms with Crippen LogP contribution < -0.4 is 5.32 Å². The summed E-state index contributed by atoms with van der Waals surface area (Å²) in [6.45, 7) is 6.35. The van der Waals surface area contributed by atoms with Crippen LogP contribution in [0.4, 0.5) is 0 Å². The predicted molar refractivity (Wildman–Crippen MR) is 79.3 cm³/mol. The van der Waals surface area contributed by atoms with E-state index in [-0.39, 0.29) is 12.1 Å². The van der Waals surface area contributed by atoms with Gasteiger partial charge in [0.05, 0.1) is 0 Å². The van der Waals surface area contributed by atoms with E-state index in [1.165, 1.54) is 11.1 Å². The van der Waals surface area contributed by atoms with Gasteiger partial charge in [0.25, 0.3) is 0 Å². The van der Waals surface area contributed by atoms with E-state index in [0.29, 0.717) is 5.75 Å². The van der Waals surface area contributed by atoms with Crippen LogP contribution in [0.5, 0.6) is 5.75 Å². The first-order chi connectivity index (χ1) is 9.09. The summed E-state index contributed by atoms with van der Waals surface area (Å²) in [5, 5.41) is 13.4. The van der Waals surface area contributed by atoms with E-state index in [9.17, 15) is 5.11 Å². The number of benzene rings is 2. The van der Waals surface area contributed by atoms with Crippen molar-refractivity contribution in [3.05, 3.63) is 65.2 Å². The molecule has 0 bridgehead atoms. The standard InChI is InChI=1S/C17H21NO/c1-12-8-4-5-9-15(12)13(2)18-14(3)16-10-6-7-11-17(16)19/h4-11,13-14,18-19H,1-3H3. The van der Waals surface area contributed by atoms with Crippen LogP contribution in [0.25, 0.3) is 0 Å². The average molecular weight is 255 g/mol. The molecular formula is C17H21NO. The molecule has 0 aliphatic carbocycles. The maximum Gasteiger partial charge on any atom is 0.120 e. The Morgan fingerprint density at radius 3 is 2.00 bits per heavy atom. The molecule has 2 unspecified atom stereocenters. The van der Waals surface area contributed by atoms with E-state index in [2.05, 4.69) is 50.4 Å². The molecule has 2 nitrogen and oxygen atoms in total. The molecule has 2 heteroatoms. The average Bonchev–Trinajstić information content (AvgIpc) is 2.39. The van der Waals surface area contributed by atoms with Gasteiger partial charge in [0.15, 0.2) is 0 Å². The molecule has 0 aliphatic heterocycles. The molecular weight excluding hydrogens is 234 g/mol. The summed E-state index contributed by atoms with van der Waals surface area (Å²) in [5.41, 5.74) is 3.51. The van der Waals surface area contributed by atoms with Gasteiger partial charge >= 0.3 is 0 Å². The van der Waals surface area contributed by atoms with E-state index in [1.54, 1.807) is 6.07 Å². The summed E-state index contributed by atoms with van der Waals surface area (Å²) >= 11 is 0. The topological polar surface area (TPSA) is 32.3 Å². The molecule has 0 aromatic heterocycles. The Bertz CT molecular complexity index is 501. The number of aryl methyl sites for hydroxylation is 1. The maximum atomic E-state index is 9.88. The van der Waals surface area contributed by atoms with Crippen LogP contribution in [0.1, 0.15) is 42.6 Å². The zero-order chi connectivity index (χ0) is 13.8. The Kier molecular flexibility index (Phi) is 4.23. The lowest BCUT2D eigenvalue weighted by molar-refractivity contribution is 0.438. The number of para-hydroxylation sites is 1. The van der Waals surface area contributed by atoms with Crippen molar-refractivity contribution in [1.29, 1.82) is 0 Å². The summed E-state index contributed by atoms with van der Waals surface area (Å²) in [4.78, 5) is 0. The van der Waals surface area contributed by atoms with E-state index < -0.39 is 0 Å². The lowest BCUT2D eigenvalue weighted by Gasteiger charge is -2.22. The second-order valence-corrected chi connectivity index (χ2v) is 5.03. The highest BCUT2D eigenvalue weighted by Gasteiger charge is 2.14. The fourth-order valence-electron chi connectivity index (χ4n) is 2.48. The van der Waals surface area contributed by atoms with Crippen molar-refractivity contribution in [2.24, 2.45) is 0 Å². The SMILES string of the molecule is Cc1ccccc1C(C)NC(C)c1ccccc1O. The van der Waals surface area contributed by atoms with Crippen molar-refractivity contribution in [2.75, 3.05) is 0 Å². The number of aromatic hydroxyl groups is 1. The molecule has 0 fully saturated rings. The molecule has 0 amide bonds. The van der Waals surface area contributed by atoms with Crippen LogP contribution in [-0.4, -0.2) is 5.11 Å². The fourth-order valence-corrected chi connectivity index (χ4v) is 2.48. The second-order valence-electron chi connectivity index (χ2n) is 5.03. The maximum absolute atomic E-state index is 9.88. The third-order valence-electron chi connectivity index (χ3n) is 3.56. The number of phenols is 1. The molecule has 2 atom stereocenters.